The number of hydrogen-bond donors (Lipinski definition) is 0. The highest BCUT2D eigenvalue weighted by atomic mass is 35.5. The Kier molecular flexibility index (Phi) is 6.38. The highest BCUT2D eigenvalue weighted by molar-refractivity contribution is 6.19. The first-order valence-electron chi connectivity index (χ1n) is 8.58. The van der Waals surface area contributed by atoms with Gasteiger partial charge in [0.2, 0.25) is 0 Å². The average Bonchev–Trinajstić information content (AvgIpc) is 3.18. The molecule has 0 N–H and O–H groups in total. The van der Waals surface area contributed by atoms with Crippen molar-refractivity contribution in [3.8, 4) is 5.75 Å². The number of alkyl halides is 1. The first kappa shape index (κ1) is 20.4. The van der Waals surface area contributed by atoms with Crippen molar-refractivity contribution in [3.05, 3.63) is 29.8 Å². The second-order valence-corrected chi connectivity index (χ2v) is 6.81. The van der Waals surface area contributed by atoms with Crippen molar-refractivity contribution >= 4 is 29.7 Å². The number of ether oxygens (including phenoxy) is 6. The molecule has 2 aliphatic rings. The fraction of sp³-hybridized carbons (Fsp3) is 0.500. The first-order chi connectivity index (χ1) is 13.3. The van der Waals surface area contributed by atoms with Gasteiger partial charge in [-0.25, -0.2) is 9.59 Å². The van der Waals surface area contributed by atoms with Crippen molar-refractivity contribution in [2.75, 3.05) is 13.2 Å². The van der Waals surface area contributed by atoms with Crippen molar-refractivity contribution in [1.29, 1.82) is 0 Å². The van der Waals surface area contributed by atoms with Gasteiger partial charge in [0, 0.05) is 6.92 Å². The summed E-state index contributed by atoms with van der Waals surface area (Å²) in [6.07, 6.45) is -3.55. The number of rotatable bonds is 5. The molecule has 2 aliphatic heterocycles. The van der Waals surface area contributed by atoms with E-state index in [2.05, 4.69) is 0 Å². The molecule has 0 saturated carbocycles. The SMILES string of the molecule is CC(=O)Oc1ccccc1C(=O)OC1COC2C(OC(=O)OC(C)Cl)COC12. The number of carbonyl (C=O) groups is 3. The molecule has 1 aromatic rings. The molecule has 0 aliphatic carbocycles. The molecular formula is C18H19ClO9. The van der Waals surface area contributed by atoms with Crippen LogP contribution < -0.4 is 4.74 Å². The third kappa shape index (κ3) is 4.73. The zero-order valence-corrected chi connectivity index (χ0v) is 15.9. The van der Waals surface area contributed by atoms with Crippen molar-refractivity contribution in [3.63, 3.8) is 0 Å². The Bertz CT molecular complexity index is 750. The van der Waals surface area contributed by atoms with Crippen LogP contribution in [0.4, 0.5) is 4.79 Å². The molecule has 3 rings (SSSR count). The quantitative estimate of drug-likeness (QED) is 0.406. The molecule has 2 fully saturated rings. The number of fused-ring (bicyclic) bond motifs is 1. The lowest BCUT2D eigenvalue weighted by molar-refractivity contribution is -0.131. The van der Waals surface area contributed by atoms with Crippen LogP contribution in [0.1, 0.15) is 24.2 Å². The highest BCUT2D eigenvalue weighted by Crippen LogP contribution is 2.32. The molecule has 0 bridgehead atoms. The number of carbonyl (C=O) groups excluding carboxylic acids is 3. The van der Waals surface area contributed by atoms with Crippen molar-refractivity contribution in [1.82, 2.24) is 0 Å². The Morgan fingerprint density at radius 3 is 2.29 bits per heavy atom. The van der Waals surface area contributed by atoms with Gasteiger partial charge in [-0.2, -0.15) is 0 Å². The van der Waals surface area contributed by atoms with Gasteiger partial charge in [-0.1, -0.05) is 23.7 Å². The van der Waals surface area contributed by atoms with Crippen molar-refractivity contribution in [2.24, 2.45) is 0 Å². The molecule has 5 unspecified atom stereocenters. The summed E-state index contributed by atoms with van der Waals surface area (Å²) in [6, 6.07) is 6.23. The fourth-order valence-electron chi connectivity index (χ4n) is 3.00. The molecule has 1 aromatic carbocycles. The van der Waals surface area contributed by atoms with Crippen LogP contribution in [0.2, 0.25) is 0 Å². The van der Waals surface area contributed by atoms with Crippen LogP contribution in [-0.2, 0) is 28.5 Å². The third-order valence-electron chi connectivity index (χ3n) is 4.09. The van der Waals surface area contributed by atoms with E-state index in [1.807, 2.05) is 0 Å². The van der Waals surface area contributed by atoms with Gasteiger partial charge < -0.3 is 28.4 Å². The lowest BCUT2D eigenvalue weighted by Crippen LogP contribution is -2.36. The average molecular weight is 415 g/mol. The van der Waals surface area contributed by atoms with Crippen molar-refractivity contribution in [2.45, 2.75) is 43.8 Å². The van der Waals surface area contributed by atoms with Crippen LogP contribution in [0.3, 0.4) is 0 Å². The summed E-state index contributed by atoms with van der Waals surface area (Å²) >= 11 is 5.58. The van der Waals surface area contributed by atoms with Crippen LogP contribution in [-0.4, -0.2) is 61.3 Å². The molecular weight excluding hydrogens is 396 g/mol. The Hall–Kier alpha value is -2.36. The van der Waals surface area contributed by atoms with Gasteiger partial charge in [0.05, 0.1) is 13.2 Å². The summed E-state index contributed by atoms with van der Waals surface area (Å²) < 4.78 is 31.5. The number of esters is 2. The minimum Gasteiger partial charge on any atom is -0.453 e. The van der Waals surface area contributed by atoms with Gasteiger partial charge in [0.1, 0.15) is 23.5 Å². The number of hydrogen-bond acceptors (Lipinski definition) is 9. The van der Waals surface area contributed by atoms with Gasteiger partial charge >= 0.3 is 18.1 Å². The zero-order chi connectivity index (χ0) is 20.3. The summed E-state index contributed by atoms with van der Waals surface area (Å²) in [7, 11) is 0. The molecule has 10 heteroatoms. The molecule has 28 heavy (non-hydrogen) atoms. The maximum Gasteiger partial charge on any atom is 0.510 e. The van der Waals surface area contributed by atoms with E-state index in [9.17, 15) is 14.4 Å². The molecule has 0 spiro atoms. The Balaban J connectivity index is 1.61. The normalized spacial score (nSPS) is 26.8. The van der Waals surface area contributed by atoms with Gasteiger partial charge in [-0.3, -0.25) is 4.79 Å². The van der Waals surface area contributed by atoms with E-state index in [1.54, 1.807) is 12.1 Å². The van der Waals surface area contributed by atoms with Gasteiger partial charge in [-0.15, -0.1) is 0 Å². The highest BCUT2D eigenvalue weighted by Gasteiger charge is 2.51. The Morgan fingerprint density at radius 2 is 1.68 bits per heavy atom. The maximum absolute atomic E-state index is 12.5. The van der Waals surface area contributed by atoms with E-state index in [0.717, 1.165) is 0 Å². The standard InChI is InChI=1S/C18H19ClO9/c1-9(19)25-18(22)28-14-8-24-15-13(7-23-16(14)15)27-17(21)11-5-3-4-6-12(11)26-10(2)20/h3-6,9,13-16H,7-8H2,1-2H3. The monoisotopic (exact) mass is 414 g/mol. The predicted octanol–water partition coefficient (Wildman–Crippen LogP) is 2.04. The summed E-state index contributed by atoms with van der Waals surface area (Å²) in [6.45, 7) is 2.85. The van der Waals surface area contributed by atoms with E-state index in [4.69, 9.17) is 40.0 Å². The minimum atomic E-state index is -0.934. The minimum absolute atomic E-state index is 0.0671. The maximum atomic E-state index is 12.5. The molecule has 0 aromatic heterocycles. The Labute approximate surface area is 165 Å². The second-order valence-electron chi connectivity index (χ2n) is 6.20. The summed E-state index contributed by atoms with van der Waals surface area (Å²) in [5, 5.41) is 0. The van der Waals surface area contributed by atoms with Gasteiger partial charge in [-0.05, 0) is 19.1 Å². The lowest BCUT2D eigenvalue weighted by atomic mass is 10.1. The van der Waals surface area contributed by atoms with Crippen LogP contribution in [0.25, 0.3) is 0 Å². The second kappa shape index (κ2) is 8.76. The molecule has 0 radical (unpaired) electrons. The molecule has 5 atom stereocenters. The van der Waals surface area contributed by atoms with Crippen LogP contribution in [0.15, 0.2) is 24.3 Å². The summed E-state index contributed by atoms with van der Waals surface area (Å²) in [5.41, 5.74) is -0.729. The van der Waals surface area contributed by atoms with Crippen LogP contribution in [0.5, 0.6) is 5.75 Å². The topological polar surface area (TPSA) is 107 Å². The number of halogens is 1. The fourth-order valence-corrected chi connectivity index (χ4v) is 3.07. The number of para-hydroxylation sites is 1. The zero-order valence-electron chi connectivity index (χ0n) is 15.2. The van der Waals surface area contributed by atoms with E-state index >= 15 is 0 Å². The first-order valence-corrected chi connectivity index (χ1v) is 9.01. The van der Waals surface area contributed by atoms with Gasteiger partial charge in [0.15, 0.2) is 17.8 Å². The number of benzene rings is 1. The smallest absolute Gasteiger partial charge is 0.453 e. The van der Waals surface area contributed by atoms with E-state index in [-0.39, 0.29) is 24.5 Å². The van der Waals surface area contributed by atoms with E-state index in [1.165, 1.54) is 26.0 Å². The molecule has 2 saturated heterocycles. The van der Waals surface area contributed by atoms with E-state index in [0.29, 0.717) is 0 Å². The van der Waals surface area contributed by atoms with Crippen molar-refractivity contribution < 1.29 is 42.8 Å². The molecule has 2 heterocycles. The van der Waals surface area contributed by atoms with Crippen LogP contribution in [0, 0.1) is 0 Å². The van der Waals surface area contributed by atoms with E-state index < -0.39 is 48.1 Å². The van der Waals surface area contributed by atoms with Gasteiger partial charge in [0.25, 0.3) is 0 Å². The molecule has 0 amide bonds. The largest absolute Gasteiger partial charge is 0.510 e. The van der Waals surface area contributed by atoms with Crippen LogP contribution >= 0.6 is 11.6 Å². The predicted molar refractivity (Wildman–Crippen MR) is 93.1 cm³/mol. The summed E-state index contributed by atoms with van der Waals surface area (Å²) in [4.78, 5) is 35.3. The molecule has 152 valence electrons. The lowest BCUT2D eigenvalue weighted by Gasteiger charge is -2.18. The molecule has 9 nitrogen and oxygen atoms in total. The Morgan fingerprint density at radius 1 is 1.07 bits per heavy atom. The summed E-state index contributed by atoms with van der Waals surface area (Å²) in [5.74, 6) is -1.14. The third-order valence-corrected chi connectivity index (χ3v) is 4.18.